The molecule has 0 unspecified atom stereocenters. The number of amides is 3. The molecule has 5 rings (SSSR count). The second kappa shape index (κ2) is 12.9. The molecular weight excluding hydrogens is 570 g/mol. The zero-order valence-corrected chi connectivity index (χ0v) is 23.7. The van der Waals surface area contributed by atoms with E-state index >= 15 is 0 Å². The third-order valence-electron chi connectivity index (χ3n) is 7.68. The third-order valence-corrected chi connectivity index (χ3v) is 7.68. The van der Waals surface area contributed by atoms with Gasteiger partial charge in [-0.25, -0.2) is 14.2 Å². The molecule has 2 aliphatic rings. The van der Waals surface area contributed by atoms with Gasteiger partial charge in [-0.05, 0) is 43.0 Å². The molecule has 14 heteroatoms. The monoisotopic (exact) mass is 603 g/mol. The number of anilines is 4. The summed E-state index contributed by atoms with van der Waals surface area (Å²) in [5.41, 5.74) is -1.08. The summed E-state index contributed by atoms with van der Waals surface area (Å²) >= 11 is 0. The molecule has 0 spiro atoms. The zero-order chi connectivity index (χ0) is 30.6. The average molecular weight is 604 g/mol. The van der Waals surface area contributed by atoms with Crippen LogP contribution < -0.4 is 20.4 Å². The van der Waals surface area contributed by atoms with Crippen LogP contribution in [0, 0.1) is 11.7 Å². The van der Waals surface area contributed by atoms with Gasteiger partial charge in [0.15, 0.2) is 5.69 Å². The smallest absolute Gasteiger partial charge is 0.417 e. The van der Waals surface area contributed by atoms with Gasteiger partial charge in [-0.3, -0.25) is 4.79 Å². The fourth-order valence-electron chi connectivity index (χ4n) is 5.34. The standard InChI is InChI=1S/C29H33F4N7O3/c1-2-5-19-10-12-40(13-11-19)28-37-25(29(31,32)33)24(43-28)26(41)35-20-8-9-23(34-18-20)38-14-16-39(17-15-38)27(42)36-22-7-4-3-6-21(22)30/h3-4,6-9,18-19H,2,5,10-17H2,1H3,(H,35,41)(H,36,42). The Hall–Kier alpha value is -4.36. The molecule has 43 heavy (non-hydrogen) atoms. The number of oxazole rings is 1. The van der Waals surface area contributed by atoms with Crippen LogP contribution in [-0.2, 0) is 6.18 Å². The van der Waals surface area contributed by atoms with Gasteiger partial charge in [0, 0.05) is 39.3 Å². The Bertz CT molecular complexity index is 1410. The minimum absolute atomic E-state index is 0.102. The first kappa shape index (κ1) is 30.1. The van der Waals surface area contributed by atoms with Crippen LogP contribution in [0.4, 0.5) is 45.6 Å². The van der Waals surface area contributed by atoms with E-state index in [1.54, 1.807) is 21.9 Å². The number of pyridine rings is 1. The number of nitrogens with zero attached hydrogens (tertiary/aromatic N) is 5. The van der Waals surface area contributed by atoms with Crippen molar-refractivity contribution in [2.45, 2.75) is 38.8 Å². The summed E-state index contributed by atoms with van der Waals surface area (Å²) in [7, 11) is 0. The highest BCUT2D eigenvalue weighted by Gasteiger charge is 2.42. The molecule has 2 N–H and O–H groups in total. The van der Waals surface area contributed by atoms with Gasteiger partial charge in [-0.2, -0.15) is 18.2 Å². The van der Waals surface area contributed by atoms with Crippen molar-refractivity contribution in [1.29, 1.82) is 0 Å². The van der Waals surface area contributed by atoms with Crippen LogP contribution in [0.2, 0.25) is 0 Å². The van der Waals surface area contributed by atoms with Crippen molar-refractivity contribution in [3.05, 3.63) is 59.9 Å². The summed E-state index contributed by atoms with van der Waals surface area (Å²) in [5, 5.41) is 4.99. The lowest BCUT2D eigenvalue weighted by Gasteiger charge is -2.35. The second-order valence-corrected chi connectivity index (χ2v) is 10.6. The van der Waals surface area contributed by atoms with Crippen LogP contribution in [0.25, 0.3) is 0 Å². The van der Waals surface area contributed by atoms with Crippen LogP contribution in [0.3, 0.4) is 0 Å². The zero-order valence-electron chi connectivity index (χ0n) is 23.7. The quantitative estimate of drug-likeness (QED) is 0.327. The number of para-hydroxylation sites is 1. The number of hydrogen-bond acceptors (Lipinski definition) is 7. The van der Waals surface area contributed by atoms with Crippen LogP contribution in [0.5, 0.6) is 0 Å². The number of piperazine rings is 1. The Kier molecular flexibility index (Phi) is 9.02. The molecule has 4 heterocycles. The molecule has 2 fully saturated rings. The predicted molar refractivity (Wildman–Crippen MR) is 153 cm³/mol. The number of rotatable bonds is 7. The van der Waals surface area contributed by atoms with Crippen molar-refractivity contribution in [2.24, 2.45) is 5.92 Å². The molecule has 3 aromatic rings. The molecule has 2 aromatic heterocycles. The molecule has 0 radical (unpaired) electrons. The summed E-state index contributed by atoms with van der Waals surface area (Å²) in [6.07, 6.45) is 0.243. The first-order valence-electron chi connectivity index (χ1n) is 14.3. The Morgan fingerprint density at radius 2 is 1.70 bits per heavy atom. The number of aromatic nitrogens is 2. The Morgan fingerprint density at radius 3 is 2.33 bits per heavy atom. The van der Waals surface area contributed by atoms with Crippen molar-refractivity contribution >= 4 is 35.1 Å². The summed E-state index contributed by atoms with van der Waals surface area (Å²) in [4.78, 5) is 38.6. The largest absolute Gasteiger partial charge is 0.437 e. The van der Waals surface area contributed by atoms with E-state index < -0.39 is 35.4 Å². The van der Waals surface area contributed by atoms with Gasteiger partial charge >= 0.3 is 12.2 Å². The second-order valence-electron chi connectivity index (χ2n) is 10.6. The molecular formula is C29H33F4N7O3. The van der Waals surface area contributed by atoms with Gasteiger partial charge in [0.1, 0.15) is 11.6 Å². The lowest BCUT2D eigenvalue weighted by atomic mass is 9.93. The number of nitrogens with one attached hydrogen (secondary N) is 2. The predicted octanol–water partition coefficient (Wildman–Crippen LogP) is 5.85. The van der Waals surface area contributed by atoms with E-state index in [4.69, 9.17) is 4.42 Å². The summed E-state index contributed by atoms with van der Waals surface area (Å²) in [6, 6.07) is 8.45. The van der Waals surface area contributed by atoms with Crippen molar-refractivity contribution in [1.82, 2.24) is 14.9 Å². The minimum Gasteiger partial charge on any atom is -0.417 e. The first-order chi connectivity index (χ1) is 20.6. The number of alkyl halides is 3. The number of urea groups is 1. The molecule has 0 aliphatic carbocycles. The Balaban J connectivity index is 1.18. The lowest BCUT2D eigenvalue weighted by Crippen LogP contribution is -2.50. The number of benzene rings is 1. The molecule has 3 amide bonds. The maximum atomic E-state index is 13.9. The van der Waals surface area contributed by atoms with Gasteiger partial charge < -0.3 is 29.8 Å². The number of hydrogen-bond donors (Lipinski definition) is 2. The van der Waals surface area contributed by atoms with E-state index in [0.717, 1.165) is 25.7 Å². The van der Waals surface area contributed by atoms with Crippen molar-refractivity contribution in [3.8, 4) is 0 Å². The number of halogens is 4. The van der Waals surface area contributed by atoms with E-state index in [0.29, 0.717) is 51.0 Å². The fraction of sp³-hybridized carbons (Fsp3) is 0.448. The van der Waals surface area contributed by atoms with Gasteiger partial charge in [0.05, 0.1) is 17.6 Å². The normalized spacial score (nSPS) is 16.3. The van der Waals surface area contributed by atoms with Crippen LogP contribution in [0.15, 0.2) is 47.0 Å². The summed E-state index contributed by atoms with van der Waals surface area (Å²) in [6.45, 7) is 4.77. The van der Waals surface area contributed by atoms with Crippen molar-refractivity contribution in [3.63, 3.8) is 0 Å². The van der Waals surface area contributed by atoms with Gasteiger partial charge in [0.25, 0.3) is 11.9 Å². The molecule has 0 bridgehead atoms. The SMILES string of the molecule is CCCC1CCN(c2nc(C(F)(F)F)c(C(=O)Nc3ccc(N4CCN(C(=O)Nc5ccccc5F)CC4)nc3)o2)CC1. The van der Waals surface area contributed by atoms with Crippen LogP contribution in [-0.4, -0.2) is 66.1 Å². The molecule has 0 saturated carbocycles. The fourth-order valence-corrected chi connectivity index (χ4v) is 5.34. The Labute approximate surface area is 246 Å². The average Bonchev–Trinajstić information content (AvgIpc) is 3.46. The molecule has 0 atom stereocenters. The Morgan fingerprint density at radius 1 is 0.977 bits per heavy atom. The molecule has 230 valence electrons. The first-order valence-corrected chi connectivity index (χ1v) is 14.3. The van der Waals surface area contributed by atoms with Crippen LogP contribution in [0.1, 0.15) is 48.9 Å². The molecule has 10 nitrogen and oxygen atoms in total. The molecule has 2 saturated heterocycles. The number of carbonyl (C=O) groups is 2. The molecule has 1 aromatic carbocycles. The van der Waals surface area contributed by atoms with Crippen molar-refractivity contribution in [2.75, 3.05) is 59.7 Å². The van der Waals surface area contributed by atoms with Gasteiger partial charge in [-0.15, -0.1) is 0 Å². The van der Waals surface area contributed by atoms with Gasteiger partial charge in [-0.1, -0.05) is 31.9 Å². The highest BCUT2D eigenvalue weighted by molar-refractivity contribution is 6.03. The number of piperidine rings is 1. The van der Waals surface area contributed by atoms with Crippen molar-refractivity contribution < 1.29 is 31.6 Å². The van der Waals surface area contributed by atoms with E-state index in [1.807, 2.05) is 4.90 Å². The van der Waals surface area contributed by atoms with Gasteiger partial charge in [0.2, 0.25) is 5.76 Å². The van der Waals surface area contributed by atoms with E-state index in [1.165, 1.54) is 30.5 Å². The molecule has 2 aliphatic heterocycles. The van der Waals surface area contributed by atoms with E-state index in [2.05, 4.69) is 27.5 Å². The van der Waals surface area contributed by atoms with E-state index in [-0.39, 0.29) is 17.4 Å². The highest BCUT2D eigenvalue weighted by Crippen LogP contribution is 2.35. The lowest BCUT2D eigenvalue weighted by molar-refractivity contribution is -0.141. The van der Waals surface area contributed by atoms with E-state index in [9.17, 15) is 27.2 Å². The maximum absolute atomic E-state index is 13.9. The summed E-state index contributed by atoms with van der Waals surface area (Å²) < 4.78 is 60.6. The third kappa shape index (κ3) is 7.17. The minimum atomic E-state index is -4.87. The number of carbonyl (C=O) groups excluding carboxylic acids is 2. The maximum Gasteiger partial charge on any atom is 0.437 e. The summed E-state index contributed by atoms with van der Waals surface area (Å²) in [5.74, 6) is -1.41. The van der Waals surface area contributed by atoms with Crippen LogP contribution >= 0.6 is 0 Å². The highest BCUT2D eigenvalue weighted by atomic mass is 19.4. The topological polar surface area (TPSA) is 107 Å².